The number of aliphatic hydroxyl groups excluding tert-OH is 1. The van der Waals surface area contributed by atoms with Crippen LogP contribution in [0.25, 0.3) is 0 Å². The van der Waals surface area contributed by atoms with Gasteiger partial charge in [0.15, 0.2) is 0 Å². The standard InChI is InChI=1S/C16H26N2O2/c1-12-10-13(4-5-14(12)20)15(16(2,3)11-19)18-8-6-17-7-9-18/h4-5,10,15,17,19-20H,6-9,11H2,1-3H3/t15-/m0/s1. The van der Waals surface area contributed by atoms with E-state index in [0.29, 0.717) is 5.75 Å². The molecule has 0 bridgehead atoms. The third-order valence-corrected chi connectivity index (χ3v) is 4.20. The second kappa shape index (κ2) is 6.12. The minimum Gasteiger partial charge on any atom is -0.508 e. The zero-order valence-corrected chi connectivity index (χ0v) is 12.7. The van der Waals surface area contributed by atoms with Crippen LogP contribution in [0.2, 0.25) is 0 Å². The Labute approximate surface area is 121 Å². The van der Waals surface area contributed by atoms with Crippen LogP contribution in [0.3, 0.4) is 0 Å². The number of aliphatic hydroxyl groups is 1. The summed E-state index contributed by atoms with van der Waals surface area (Å²) in [5, 5.41) is 22.9. The second-order valence-corrected chi connectivity index (χ2v) is 6.38. The van der Waals surface area contributed by atoms with E-state index >= 15 is 0 Å². The summed E-state index contributed by atoms with van der Waals surface area (Å²) < 4.78 is 0. The van der Waals surface area contributed by atoms with Crippen LogP contribution in [0.4, 0.5) is 0 Å². The zero-order chi connectivity index (χ0) is 14.8. The van der Waals surface area contributed by atoms with Gasteiger partial charge < -0.3 is 15.5 Å². The molecule has 20 heavy (non-hydrogen) atoms. The van der Waals surface area contributed by atoms with Crippen LogP contribution in [0, 0.1) is 12.3 Å². The number of phenols is 1. The van der Waals surface area contributed by atoms with Crippen molar-refractivity contribution in [3.63, 3.8) is 0 Å². The van der Waals surface area contributed by atoms with Gasteiger partial charge in [-0.25, -0.2) is 0 Å². The molecule has 0 radical (unpaired) electrons. The summed E-state index contributed by atoms with van der Waals surface area (Å²) in [7, 11) is 0. The number of phenolic OH excluding ortho intramolecular Hbond substituents is 1. The molecule has 0 spiro atoms. The Hall–Kier alpha value is -1.10. The number of piperazine rings is 1. The van der Waals surface area contributed by atoms with Crippen LogP contribution < -0.4 is 5.32 Å². The lowest BCUT2D eigenvalue weighted by Gasteiger charge is -2.43. The van der Waals surface area contributed by atoms with Crippen LogP contribution in [0.5, 0.6) is 5.75 Å². The summed E-state index contributed by atoms with van der Waals surface area (Å²) in [6, 6.07) is 5.94. The monoisotopic (exact) mass is 278 g/mol. The van der Waals surface area contributed by atoms with Crippen molar-refractivity contribution in [2.75, 3.05) is 32.8 Å². The van der Waals surface area contributed by atoms with E-state index in [9.17, 15) is 10.2 Å². The van der Waals surface area contributed by atoms with Crippen LogP contribution in [0.1, 0.15) is 31.0 Å². The highest BCUT2D eigenvalue weighted by atomic mass is 16.3. The molecule has 2 rings (SSSR count). The van der Waals surface area contributed by atoms with Crippen molar-refractivity contribution in [3.8, 4) is 5.75 Å². The van der Waals surface area contributed by atoms with Crippen molar-refractivity contribution in [1.82, 2.24) is 10.2 Å². The molecule has 4 heteroatoms. The fourth-order valence-electron chi connectivity index (χ4n) is 3.03. The van der Waals surface area contributed by atoms with Crippen LogP contribution in [-0.2, 0) is 0 Å². The Morgan fingerprint density at radius 1 is 1.30 bits per heavy atom. The normalized spacial score (nSPS) is 19.0. The van der Waals surface area contributed by atoms with E-state index in [1.165, 1.54) is 5.56 Å². The van der Waals surface area contributed by atoms with Gasteiger partial charge in [0.05, 0.1) is 0 Å². The van der Waals surface area contributed by atoms with Gasteiger partial charge in [-0.1, -0.05) is 26.0 Å². The molecule has 0 aliphatic carbocycles. The minimum atomic E-state index is -0.221. The fraction of sp³-hybridized carbons (Fsp3) is 0.625. The molecule has 0 unspecified atom stereocenters. The molecule has 3 N–H and O–H groups in total. The van der Waals surface area contributed by atoms with Gasteiger partial charge in [0.25, 0.3) is 0 Å². The van der Waals surface area contributed by atoms with Gasteiger partial charge in [0.1, 0.15) is 5.75 Å². The number of rotatable bonds is 4. The number of nitrogens with one attached hydrogen (secondary N) is 1. The molecule has 0 aromatic heterocycles. The molecule has 1 aromatic carbocycles. The summed E-state index contributed by atoms with van der Waals surface area (Å²) in [5.74, 6) is 0.328. The molecular weight excluding hydrogens is 252 g/mol. The molecule has 1 saturated heterocycles. The van der Waals surface area contributed by atoms with Gasteiger partial charge in [0.2, 0.25) is 0 Å². The van der Waals surface area contributed by atoms with E-state index in [4.69, 9.17) is 0 Å². The third-order valence-electron chi connectivity index (χ3n) is 4.20. The first kappa shape index (κ1) is 15.3. The van der Waals surface area contributed by atoms with Crippen LogP contribution >= 0.6 is 0 Å². The molecule has 4 nitrogen and oxygen atoms in total. The largest absolute Gasteiger partial charge is 0.508 e. The number of hydrogen-bond donors (Lipinski definition) is 3. The predicted octanol–water partition coefficient (Wildman–Crippen LogP) is 1.67. The van der Waals surface area contributed by atoms with E-state index < -0.39 is 0 Å². The van der Waals surface area contributed by atoms with Gasteiger partial charge in [-0.3, -0.25) is 4.90 Å². The number of aryl methyl sites for hydroxylation is 1. The Kier molecular flexibility index (Phi) is 4.68. The van der Waals surface area contributed by atoms with Gasteiger partial charge in [-0.05, 0) is 24.1 Å². The first-order valence-electron chi connectivity index (χ1n) is 7.31. The molecule has 1 atom stereocenters. The van der Waals surface area contributed by atoms with E-state index in [1.54, 1.807) is 6.07 Å². The van der Waals surface area contributed by atoms with Gasteiger partial charge in [-0.2, -0.15) is 0 Å². The topological polar surface area (TPSA) is 55.7 Å². The van der Waals surface area contributed by atoms with E-state index in [-0.39, 0.29) is 18.1 Å². The molecular formula is C16H26N2O2. The summed E-state index contributed by atoms with van der Waals surface area (Å²) >= 11 is 0. The maximum Gasteiger partial charge on any atom is 0.118 e. The molecule has 1 aliphatic heterocycles. The highest BCUT2D eigenvalue weighted by Gasteiger charge is 2.35. The Morgan fingerprint density at radius 3 is 2.50 bits per heavy atom. The zero-order valence-electron chi connectivity index (χ0n) is 12.7. The number of nitrogens with zero attached hydrogens (tertiary/aromatic N) is 1. The molecule has 1 aliphatic rings. The van der Waals surface area contributed by atoms with Gasteiger partial charge >= 0.3 is 0 Å². The first-order chi connectivity index (χ1) is 9.45. The molecule has 1 fully saturated rings. The first-order valence-corrected chi connectivity index (χ1v) is 7.31. The lowest BCUT2D eigenvalue weighted by molar-refractivity contribution is 0.0305. The minimum absolute atomic E-state index is 0.140. The molecule has 1 heterocycles. The van der Waals surface area contributed by atoms with Crippen molar-refractivity contribution >= 4 is 0 Å². The number of hydrogen-bond acceptors (Lipinski definition) is 4. The third kappa shape index (κ3) is 3.14. The summed E-state index contributed by atoms with van der Waals surface area (Å²) in [6.07, 6.45) is 0. The van der Waals surface area contributed by atoms with E-state index in [0.717, 1.165) is 31.7 Å². The Balaban J connectivity index is 2.36. The highest BCUT2D eigenvalue weighted by molar-refractivity contribution is 5.37. The predicted molar refractivity (Wildman–Crippen MR) is 80.9 cm³/mol. The fourth-order valence-corrected chi connectivity index (χ4v) is 3.03. The van der Waals surface area contributed by atoms with Crippen LogP contribution in [-0.4, -0.2) is 47.9 Å². The Morgan fingerprint density at radius 2 is 1.95 bits per heavy atom. The lowest BCUT2D eigenvalue weighted by Crippen LogP contribution is -2.49. The lowest BCUT2D eigenvalue weighted by atomic mass is 9.79. The van der Waals surface area contributed by atoms with E-state index in [2.05, 4.69) is 24.1 Å². The average molecular weight is 278 g/mol. The van der Waals surface area contributed by atoms with Crippen LogP contribution in [0.15, 0.2) is 18.2 Å². The quantitative estimate of drug-likeness (QED) is 0.784. The Bertz CT molecular complexity index is 454. The summed E-state index contributed by atoms with van der Waals surface area (Å²) in [4.78, 5) is 2.43. The smallest absolute Gasteiger partial charge is 0.118 e. The van der Waals surface area contributed by atoms with Crippen molar-refractivity contribution < 1.29 is 10.2 Å². The van der Waals surface area contributed by atoms with E-state index in [1.807, 2.05) is 19.1 Å². The SMILES string of the molecule is Cc1cc([C@H](N2CCNCC2)C(C)(C)CO)ccc1O. The molecule has 1 aromatic rings. The average Bonchev–Trinajstić information content (AvgIpc) is 2.44. The van der Waals surface area contributed by atoms with Gasteiger partial charge in [-0.15, -0.1) is 0 Å². The molecule has 112 valence electrons. The number of benzene rings is 1. The molecule has 0 saturated carbocycles. The maximum atomic E-state index is 9.79. The van der Waals surface area contributed by atoms with Crippen molar-refractivity contribution in [3.05, 3.63) is 29.3 Å². The highest BCUT2D eigenvalue weighted by Crippen LogP contribution is 2.39. The summed E-state index contributed by atoms with van der Waals surface area (Å²) in [6.45, 7) is 10.2. The maximum absolute atomic E-state index is 9.79. The molecule has 0 amide bonds. The summed E-state index contributed by atoms with van der Waals surface area (Å²) in [5.41, 5.74) is 1.83. The second-order valence-electron chi connectivity index (χ2n) is 6.38. The van der Waals surface area contributed by atoms with Crippen molar-refractivity contribution in [1.29, 1.82) is 0 Å². The van der Waals surface area contributed by atoms with Gasteiger partial charge in [0, 0.05) is 44.2 Å². The number of aromatic hydroxyl groups is 1. The van der Waals surface area contributed by atoms with Crippen molar-refractivity contribution in [2.24, 2.45) is 5.41 Å². The van der Waals surface area contributed by atoms with Crippen molar-refractivity contribution in [2.45, 2.75) is 26.8 Å².